The minimum absolute atomic E-state index is 0.0863. The van der Waals surface area contributed by atoms with Crippen molar-refractivity contribution in [2.24, 2.45) is 0 Å². The zero-order chi connectivity index (χ0) is 22.2. The molecule has 10 heteroatoms. The van der Waals surface area contributed by atoms with Gasteiger partial charge in [0.25, 0.3) is 11.8 Å². The van der Waals surface area contributed by atoms with Gasteiger partial charge in [0, 0.05) is 19.2 Å². The molecule has 2 heterocycles. The van der Waals surface area contributed by atoms with Gasteiger partial charge in [-0.3, -0.25) is 9.59 Å². The van der Waals surface area contributed by atoms with E-state index in [1.54, 1.807) is 0 Å². The number of hydrogen-bond donors (Lipinski definition) is 2. The van der Waals surface area contributed by atoms with E-state index in [1.807, 2.05) is 0 Å². The number of likely N-dealkylation sites (tertiary alicyclic amines) is 1. The van der Waals surface area contributed by atoms with Crippen molar-refractivity contribution >= 4 is 29.1 Å². The van der Waals surface area contributed by atoms with Crippen LogP contribution in [0.4, 0.5) is 14.5 Å². The molecule has 0 spiro atoms. The fourth-order valence-corrected chi connectivity index (χ4v) is 3.73. The lowest BCUT2D eigenvalue weighted by atomic mass is 9.92. The summed E-state index contributed by atoms with van der Waals surface area (Å²) in [6.07, 6.45) is 0.397. The number of piperidine rings is 1. The van der Waals surface area contributed by atoms with Crippen LogP contribution in [0.2, 0.25) is 5.02 Å². The van der Waals surface area contributed by atoms with Crippen LogP contribution in [0.5, 0.6) is 11.5 Å². The second kappa shape index (κ2) is 8.32. The van der Waals surface area contributed by atoms with Crippen molar-refractivity contribution in [1.29, 1.82) is 0 Å². The van der Waals surface area contributed by atoms with Crippen LogP contribution in [0.15, 0.2) is 30.3 Å². The second-order valence-corrected chi connectivity index (χ2v) is 7.95. The molecule has 2 N–H and O–H groups in total. The Labute approximate surface area is 181 Å². The maximum Gasteiger partial charge on any atom is 0.262 e. The number of aliphatic hydroxyl groups is 1. The zero-order valence-corrected chi connectivity index (χ0v) is 17.0. The van der Waals surface area contributed by atoms with Crippen molar-refractivity contribution in [3.63, 3.8) is 0 Å². The molecule has 2 aliphatic heterocycles. The molecule has 2 amide bonds. The molecule has 0 bridgehead atoms. The molecule has 2 aromatic rings. The van der Waals surface area contributed by atoms with Gasteiger partial charge in [-0.05, 0) is 37.1 Å². The summed E-state index contributed by atoms with van der Waals surface area (Å²) in [5, 5.41) is 13.4. The number of amides is 2. The van der Waals surface area contributed by atoms with Gasteiger partial charge < -0.3 is 24.8 Å². The number of hydrogen-bond acceptors (Lipinski definition) is 5. The first-order valence-electron chi connectivity index (χ1n) is 9.60. The minimum Gasteiger partial charge on any atom is -0.489 e. The predicted octanol–water partition coefficient (Wildman–Crippen LogP) is 3.00. The van der Waals surface area contributed by atoms with Crippen LogP contribution in [-0.4, -0.2) is 53.7 Å². The van der Waals surface area contributed by atoms with Gasteiger partial charge in [-0.1, -0.05) is 11.6 Å². The summed E-state index contributed by atoms with van der Waals surface area (Å²) in [6.45, 7) is 0.0526. The van der Waals surface area contributed by atoms with Crippen molar-refractivity contribution in [3.05, 3.63) is 52.6 Å². The van der Waals surface area contributed by atoms with E-state index < -0.39 is 23.1 Å². The van der Waals surface area contributed by atoms with Crippen LogP contribution in [0.25, 0.3) is 0 Å². The largest absolute Gasteiger partial charge is 0.489 e. The molecular weight excluding hydrogens is 434 g/mol. The third kappa shape index (κ3) is 4.57. The van der Waals surface area contributed by atoms with Crippen LogP contribution in [-0.2, 0) is 4.79 Å². The Morgan fingerprint density at radius 2 is 2.00 bits per heavy atom. The Kier molecular flexibility index (Phi) is 5.72. The zero-order valence-electron chi connectivity index (χ0n) is 16.3. The van der Waals surface area contributed by atoms with Crippen molar-refractivity contribution in [2.45, 2.75) is 18.4 Å². The highest BCUT2D eigenvalue weighted by Crippen LogP contribution is 2.32. The van der Waals surface area contributed by atoms with Crippen molar-refractivity contribution < 1.29 is 33.0 Å². The highest BCUT2D eigenvalue weighted by atomic mass is 35.5. The molecule has 0 unspecified atom stereocenters. The van der Waals surface area contributed by atoms with Gasteiger partial charge in [-0.25, -0.2) is 8.78 Å². The number of rotatable bonds is 4. The second-order valence-electron chi connectivity index (χ2n) is 7.55. The predicted molar refractivity (Wildman–Crippen MR) is 108 cm³/mol. The van der Waals surface area contributed by atoms with Gasteiger partial charge in [0.1, 0.15) is 35.3 Å². The Balaban J connectivity index is 1.39. The third-order valence-corrected chi connectivity index (χ3v) is 5.60. The Bertz CT molecular complexity index is 1040. The summed E-state index contributed by atoms with van der Waals surface area (Å²) >= 11 is 5.93. The quantitative estimate of drug-likeness (QED) is 0.744. The minimum atomic E-state index is -1.22. The Morgan fingerprint density at radius 1 is 1.26 bits per heavy atom. The van der Waals surface area contributed by atoms with E-state index in [0.29, 0.717) is 0 Å². The number of fused-ring (bicyclic) bond motifs is 1. The fraction of sp³-hybridized carbons (Fsp3) is 0.333. The number of nitrogens with zero attached hydrogens (tertiary/aromatic N) is 1. The number of halogens is 3. The summed E-state index contributed by atoms with van der Waals surface area (Å²) in [5.41, 5.74) is -1.17. The summed E-state index contributed by atoms with van der Waals surface area (Å²) in [6, 6.07) is 6.02. The van der Waals surface area contributed by atoms with E-state index in [4.69, 9.17) is 21.1 Å². The van der Waals surface area contributed by atoms with E-state index in [0.717, 1.165) is 12.1 Å². The average molecular weight is 453 g/mol. The van der Waals surface area contributed by atoms with E-state index in [2.05, 4.69) is 5.32 Å². The molecular formula is C21H19ClF2N2O5. The number of benzene rings is 2. The van der Waals surface area contributed by atoms with E-state index >= 15 is 0 Å². The molecule has 164 valence electrons. The molecule has 0 aromatic heterocycles. The van der Waals surface area contributed by atoms with E-state index in [9.17, 15) is 23.5 Å². The van der Waals surface area contributed by atoms with Gasteiger partial charge >= 0.3 is 0 Å². The Hall–Kier alpha value is -2.91. The maximum atomic E-state index is 14.5. The van der Waals surface area contributed by atoms with Gasteiger partial charge in [0.05, 0.1) is 16.3 Å². The molecule has 7 nitrogen and oxygen atoms in total. The fourth-order valence-electron chi connectivity index (χ4n) is 3.51. The SMILES string of the molecule is O=C1COc2cc(F)c(C(=O)N3CCC(O)(COc4ccc(F)cc4Cl)CC3)cc2N1. The Morgan fingerprint density at radius 3 is 2.71 bits per heavy atom. The topological polar surface area (TPSA) is 88.1 Å². The lowest BCUT2D eigenvalue weighted by Crippen LogP contribution is -2.49. The molecule has 0 aliphatic carbocycles. The van der Waals surface area contributed by atoms with Gasteiger partial charge in [0.2, 0.25) is 0 Å². The first-order chi connectivity index (χ1) is 14.7. The molecule has 2 aliphatic rings. The average Bonchev–Trinajstić information content (AvgIpc) is 2.73. The number of carbonyl (C=O) groups is 2. The lowest BCUT2D eigenvalue weighted by molar-refractivity contribution is -0.118. The maximum absolute atomic E-state index is 14.5. The van der Waals surface area contributed by atoms with Gasteiger partial charge in [-0.15, -0.1) is 0 Å². The van der Waals surface area contributed by atoms with Crippen LogP contribution >= 0.6 is 11.6 Å². The first kappa shape index (κ1) is 21.3. The molecule has 2 aromatic carbocycles. The van der Waals surface area contributed by atoms with Crippen molar-refractivity contribution in [2.75, 3.05) is 31.6 Å². The number of ether oxygens (including phenoxy) is 2. The molecule has 0 saturated carbocycles. The molecule has 1 fully saturated rings. The van der Waals surface area contributed by atoms with Gasteiger partial charge in [0.15, 0.2) is 6.61 Å². The monoisotopic (exact) mass is 452 g/mol. The van der Waals surface area contributed by atoms with Gasteiger partial charge in [-0.2, -0.15) is 0 Å². The smallest absolute Gasteiger partial charge is 0.262 e. The van der Waals surface area contributed by atoms with Crippen LogP contribution in [0.3, 0.4) is 0 Å². The van der Waals surface area contributed by atoms with E-state index in [-0.39, 0.29) is 72.8 Å². The van der Waals surface area contributed by atoms with Crippen molar-refractivity contribution in [3.8, 4) is 11.5 Å². The van der Waals surface area contributed by atoms with E-state index in [1.165, 1.54) is 23.1 Å². The van der Waals surface area contributed by atoms with Crippen LogP contribution < -0.4 is 14.8 Å². The molecule has 0 radical (unpaired) electrons. The van der Waals surface area contributed by atoms with Crippen LogP contribution in [0.1, 0.15) is 23.2 Å². The standard InChI is InChI=1S/C21H19ClF2N2O5/c22-14-7-12(23)1-2-17(14)31-11-21(29)3-5-26(6-4-21)20(28)13-8-16-18(9-15(13)24)30-10-19(27)25-16/h1-2,7-9,29H,3-6,10-11H2,(H,25,27). The summed E-state index contributed by atoms with van der Waals surface area (Å²) in [4.78, 5) is 25.7. The number of nitrogens with one attached hydrogen (secondary N) is 1. The number of carbonyl (C=O) groups excluding carboxylic acids is 2. The van der Waals surface area contributed by atoms with Crippen LogP contribution in [0, 0.1) is 11.6 Å². The summed E-state index contributed by atoms with van der Waals surface area (Å²) < 4.78 is 38.3. The van der Waals surface area contributed by atoms with Crippen molar-refractivity contribution in [1.82, 2.24) is 4.90 Å². The molecule has 1 saturated heterocycles. The molecule has 31 heavy (non-hydrogen) atoms. The highest BCUT2D eigenvalue weighted by molar-refractivity contribution is 6.32. The lowest BCUT2D eigenvalue weighted by Gasteiger charge is -2.38. The molecule has 0 atom stereocenters. The molecule has 4 rings (SSSR count). The normalized spacial score (nSPS) is 17.4. The third-order valence-electron chi connectivity index (χ3n) is 5.30. The first-order valence-corrected chi connectivity index (χ1v) is 9.98. The summed E-state index contributed by atoms with van der Waals surface area (Å²) in [7, 11) is 0. The summed E-state index contributed by atoms with van der Waals surface area (Å²) in [5.74, 6) is -1.78. The highest BCUT2D eigenvalue weighted by Gasteiger charge is 2.36. The number of anilines is 1.